The molecule has 2 heterocycles. The highest BCUT2D eigenvalue weighted by atomic mass is 16.2. The van der Waals surface area contributed by atoms with Crippen LogP contribution in [0.5, 0.6) is 0 Å². The molecule has 0 fully saturated rings. The van der Waals surface area contributed by atoms with Crippen molar-refractivity contribution in [3.63, 3.8) is 0 Å². The summed E-state index contributed by atoms with van der Waals surface area (Å²) in [4.78, 5) is 31.4. The number of rotatable bonds is 6. The SMILES string of the molecule is Cc1[nH]c2ccccc2c1C1c2ccccc2C(=O)N1CC(=O)NCCC1=CCCCC1. The van der Waals surface area contributed by atoms with Crippen LogP contribution in [0, 0.1) is 6.92 Å². The number of amides is 2. The summed E-state index contributed by atoms with van der Waals surface area (Å²) >= 11 is 0. The van der Waals surface area contributed by atoms with E-state index in [1.165, 1.54) is 18.4 Å². The number of nitrogens with zero attached hydrogens (tertiary/aromatic N) is 1. The molecule has 1 unspecified atom stereocenters. The number of carbonyl (C=O) groups excluding carboxylic acids is 2. The van der Waals surface area contributed by atoms with Gasteiger partial charge >= 0.3 is 0 Å². The molecular weight excluding hydrogens is 398 g/mol. The average Bonchev–Trinajstić information content (AvgIpc) is 3.28. The summed E-state index contributed by atoms with van der Waals surface area (Å²) in [5.74, 6) is -0.189. The molecule has 0 saturated carbocycles. The predicted octanol–water partition coefficient (Wildman–Crippen LogP) is 5.03. The largest absolute Gasteiger partial charge is 0.358 e. The van der Waals surface area contributed by atoms with Gasteiger partial charge in [-0.2, -0.15) is 0 Å². The third kappa shape index (κ3) is 3.72. The van der Waals surface area contributed by atoms with E-state index in [1.54, 1.807) is 4.90 Å². The maximum atomic E-state index is 13.3. The smallest absolute Gasteiger partial charge is 0.255 e. The van der Waals surface area contributed by atoms with Gasteiger partial charge in [0.1, 0.15) is 6.54 Å². The Bertz CT molecular complexity index is 1210. The van der Waals surface area contributed by atoms with E-state index in [0.29, 0.717) is 12.1 Å². The summed E-state index contributed by atoms with van der Waals surface area (Å²) in [6, 6.07) is 15.6. The number of hydrogen-bond acceptors (Lipinski definition) is 2. The normalized spacial score (nSPS) is 18.0. The van der Waals surface area contributed by atoms with Crippen LogP contribution < -0.4 is 5.32 Å². The average molecular weight is 428 g/mol. The first-order chi connectivity index (χ1) is 15.6. The third-order valence-corrected chi connectivity index (χ3v) is 6.74. The van der Waals surface area contributed by atoms with Gasteiger partial charge in [-0.3, -0.25) is 9.59 Å². The van der Waals surface area contributed by atoms with Gasteiger partial charge in [0.2, 0.25) is 5.91 Å². The summed E-state index contributed by atoms with van der Waals surface area (Å²) in [7, 11) is 0. The van der Waals surface area contributed by atoms with Crippen molar-refractivity contribution in [2.45, 2.75) is 45.1 Å². The van der Waals surface area contributed by atoms with E-state index in [2.05, 4.69) is 22.4 Å². The Balaban J connectivity index is 1.40. The number of H-pyrrole nitrogens is 1. The first-order valence-electron chi connectivity index (χ1n) is 11.5. The molecule has 2 N–H and O–H groups in total. The summed E-state index contributed by atoms with van der Waals surface area (Å²) in [6.07, 6.45) is 8.00. The van der Waals surface area contributed by atoms with Gasteiger partial charge in [0, 0.05) is 34.3 Å². The van der Waals surface area contributed by atoms with Crippen molar-refractivity contribution in [1.29, 1.82) is 0 Å². The van der Waals surface area contributed by atoms with Crippen molar-refractivity contribution >= 4 is 22.7 Å². The minimum atomic E-state index is -0.276. The third-order valence-electron chi connectivity index (χ3n) is 6.74. The first kappa shape index (κ1) is 20.6. The van der Waals surface area contributed by atoms with Gasteiger partial charge in [-0.05, 0) is 56.7 Å². The van der Waals surface area contributed by atoms with Gasteiger partial charge in [-0.25, -0.2) is 0 Å². The summed E-state index contributed by atoms with van der Waals surface area (Å²) < 4.78 is 0. The van der Waals surface area contributed by atoms with Gasteiger partial charge in [0.05, 0.1) is 6.04 Å². The molecule has 0 spiro atoms. The Hall–Kier alpha value is -3.34. The zero-order chi connectivity index (χ0) is 22.1. The molecule has 1 aliphatic carbocycles. The van der Waals surface area contributed by atoms with Crippen molar-refractivity contribution < 1.29 is 9.59 Å². The second-order valence-corrected chi connectivity index (χ2v) is 8.84. The molecule has 164 valence electrons. The van der Waals surface area contributed by atoms with Gasteiger partial charge < -0.3 is 15.2 Å². The quantitative estimate of drug-likeness (QED) is 0.542. The molecule has 1 atom stereocenters. The van der Waals surface area contributed by atoms with Crippen molar-refractivity contribution in [3.05, 3.63) is 82.6 Å². The van der Waals surface area contributed by atoms with Crippen LogP contribution >= 0.6 is 0 Å². The number of hydrogen-bond donors (Lipinski definition) is 2. The number of carbonyl (C=O) groups is 2. The number of aromatic amines is 1. The van der Waals surface area contributed by atoms with E-state index in [-0.39, 0.29) is 24.4 Å². The Labute approximate surface area is 188 Å². The number of aryl methyl sites for hydroxylation is 1. The second-order valence-electron chi connectivity index (χ2n) is 8.84. The molecule has 0 bridgehead atoms. The van der Waals surface area contributed by atoms with Gasteiger partial charge in [-0.1, -0.05) is 48.0 Å². The van der Waals surface area contributed by atoms with Crippen LogP contribution in [0.1, 0.15) is 65.3 Å². The molecule has 3 aromatic rings. The lowest BCUT2D eigenvalue weighted by atomic mass is 9.95. The highest BCUT2D eigenvalue weighted by molar-refractivity contribution is 6.02. The predicted molar refractivity (Wildman–Crippen MR) is 127 cm³/mol. The van der Waals surface area contributed by atoms with Crippen molar-refractivity contribution in [2.75, 3.05) is 13.1 Å². The molecule has 5 nitrogen and oxygen atoms in total. The highest BCUT2D eigenvalue weighted by Gasteiger charge is 2.40. The topological polar surface area (TPSA) is 65.2 Å². The van der Waals surface area contributed by atoms with Crippen LogP contribution in [-0.4, -0.2) is 34.8 Å². The molecule has 2 aromatic carbocycles. The summed E-state index contributed by atoms with van der Waals surface area (Å²) in [6.45, 7) is 2.71. The molecule has 0 radical (unpaired) electrons. The van der Waals surface area contributed by atoms with E-state index >= 15 is 0 Å². The zero-order valence-corrected chi connectivity index (χ0v) is 18.5. The van der Waals surface area contributed by atoms with Crippen LogP contribution in [0.2, 0.25) is 0 Å². The molecule has 32 heavy (non-hydrogen) atoms. The van der Waals surface area contributed by atoms with Gasteiger partial charge in [0.15, 0.2) is 0 Å². The standard InChI is InChI=1S/C27H29N3O2/c1-18-25(22-13-7-8-14-23(22)29-18)26-20-11-5-6-12-21(20)27(32)30(26)17-24(31)28-16-15-19-9-3-2-4-10-19/h5-9,11-14,26,29H,2-4,10,15-17H2,1H3,(H,28,31). The van der Waals surface area contributed by atoms with Gasteiger partial charge in [-0.15, -0.1) is 0 Å². The number of para-hydroxylation sites is 1. The zero-order valence-electron chi connectivity index (χ0n) is 18.5. The molecule has 5 rings (SSSR count). The molecule has 1 aromatic heterocycles. The lowest BCUT2D eigenvalue weighted by molar-refractivity contribution is -0.122. The van der Waals surface area contributed by atoms with Crippen molar-refractivity contribution in [1.82, 2.24) is 15.2 Å². The Morgan fingerprint density at radius 3 is 2.78 bits per heavy atom. The number of allylic oxidation sites excluding steroid dienone is 1. The van der Waals surface area contributed by atoms with E-state index in [0.717, 1.165) is 47.0 Å². The maximum absolute atomic E-state index is 13.3. The minimum Gasteiger partial charge on any atom is -0.358 e. The Morgan fingerprint density at radius 1 is 1.12 bits per heavy atom. The maximum Gasteiger partial charge on any atom is 0.255 e. The van der Waals surface area contributed by atoms with Crippen LogP contribution in [0.25, 0.3) is 10.9 Å². The van der Waals surface area contributed by atoms with E-state index in [1.807, 2.05) is 49.4 Å². The summed E-state index contributed by atoms with van der Waals surface area (Å²) in [5, 5.41) is 4.13. The Kier molecular flexibility index (Phi) is 5.56. The van der Waals surface area contributed by atoms with E-state index in [9.17, 15) is 9.59 Å². The molecule has 2 amide bonds. The molecule has 1 aliphatic heterocycles. The fourth-order valence-electron chi connectivity index (χ4n) is 5.20. The fraction of sp³-hybridized carbons (Fsp3) is 0.333. The lowest BCUT2D eigenvalue weighted by Gasteiger charge is -2.26. The van der Waals surface area contributed by atoms with Crippen LogP contribution in [-0.2, 0) is 4.79 Å². The number of aromatic nitrogens is 1. The van der Waals surface area contributed by atoms with E-state index in [4.69, 9.17) is 0 Å². The summed E-state index contributed by atoms with van der Waals surface area (Å²) in [5.41, 5.74) is 6.22. The molecule has 0 saturated heterocycles. The lowest BCUT2D eigenvalue weighted by Crippen LogP contribution is -2.40. The first-order valence-corrected chi connectivity index (χ1v) is 11.5. The van der Waals surface area contributed by atoms with Crippen molar-refractivity contribution in [3.8, 4) is 0 Å². The van der Waals surface area contributed by atoms with Crippen LogP contribution in [0.3, 0.4) is 0 Å². The molecular formula is C27H29N3O2. The second kappa shape index (κ2) is 8.65. The number of nitrogens with one attached hydrogen (secondary N) is 2. The molecule has 2 aliphatic rings. The highest BCUT2D eigenvalue weighted by Crippen LogP contribution is 2.42. The molecule has 5 heteroatoms. The van der Waals surface area contributed by atoms with Gasteiger partial charge in [0.25, 0.3) is 5.91 Å². The fourth-order valence-corrected chi connectivity index (χ4v) is 5.20. The number of benzene rings is 2. The van der Waals surface area contributed by atoms with Crippen molar-refractivity contribution in [2.24, 2.45) is 0 Å². The monoisotopic (exact) mass is 427 g/mol. The Morgan fingerprint density at radius 2 is 1.94 bits per heavy atom. The van der Waals surface area contributed by atoms with Crippen LogP contribution in [0.4, 0.5) is 0 Å². The minimum absolute atomic E-state index is 0.0518. The number of fused-ring (bicyclic) bond motifs is 2. The van der Waals surface area contributed by atoms with E-state index < -0.39 is 0 Å². The van der Waals surface area contributed by atoms with Crippen LogP contribution in [0.15, 0.2) is 60.2 Å².